The van der Waals surface area contributed by atoms with E-state index in [0.717, 1.165) is 11.1 Å². The standard InChI is InChI=1S/C19H23N3O5/c1-12-7-5-8-15(13(12)2)27-14(3)18(24)21-20-17(23)11-22(4)19(25)16-9-6-10-26-16/h5-10,14H,11H2,1-4H3,(H,20,23)(H,21,24)/t14-/m1/s1. The molecule has 2 N–H and O–H groups in total. The zero-order chi connectivity index (χ0) is 20.0. The van der Waals surface area contributed by atoms with Crippen molar-refractivity contribution in [2.75, 3.05) is 13.6 Å². The Balaban J connectivity index is 1.81. The Bertz CT molecular complexity index is 817. The summed E-state index contributed by atoms with van der Waals surface area (Å²) in [6.45, 7) is 5.19. The molecule has 1 aromatic heterocycles. The Hall–Kier alpha value is -3.29. The topological polar surface area (TPSA) is 101 Å². The Morgan fingerprint density at radius 3 is 2.56 bits per heavy atom. The second-order valence-electron chi connectivity index (χ2n) is 6.13. The highest BCUT2D eigenvalue weighted by molar-refractivity contribution is 5.94. The highest BCUT2D eigenvalue weighted by Gasteiger charge is 2.19. The molecule has 1 atom stereocenters. The SMILES string of the molecule is Cc1cccc(O[C@H](C)C(=O)NNC(=O)CN(C)C(=O)c2ccco2)c1C. The Morgan fingerprint density at radius 1 is 1.15 bits per heavy atom. The van der Waals surface area contributed by atoms with Crippen LogP contribution in [0.1, 0.15) is 28.6 Å². The van der Waals surface area contributed by atoms with Gasteiger partial charge in [0.2, 0.25) is 0 Å². The number of hydrazine groups is 1. The average Bonchev–Trinajstić information content (AvgIpc) is 3.17. The van der Waals surface area contributed by atoms with E-state index in [1.165, 1.54) is 24.3 Å². The van der Waals surface area contributed by atoms with Crippen molar-refractivity contribution in [1.29, 1.82) is 0 Å². The Labute approximate surface area is 157 Å². The molecule has 0 fully saturated rings. The van der Waals surface area contributed by atoms with Gasteiger partial charge in [0.05, 0.1) is 6.26 Å². The molecule has 0 spiro atoms. The lowest BCUT2D eigenvalue weighted by Gasteiger charge is -2.18. The smallest absolute Gasteiger partial charge is 0.289 e. The van der Waals surface area contributed by atoms with E-state index >= 15 is 0 Å². The lowest BCUT2D eigenvalue weighted by molar-refractivity contribution is -0.132. The predicted octanol–water partition coefficient (Wildman–Crippen LogP) is 1.58. The van der Waals surface area contributed by atoms with Crippen molar-refractivity contribution in [3.63, 3.8) is 0 Å². The third-order valence-corrected chi connectivity index (χ3v) is 4.01. The molecule has 2 aromatic rings. The van der Waals surface area contributed by atoms with Crippen molar-refractivity contribution < 1.29 is 23.5 Å². The van der Waals surface area contributed by atoms with Gasteiger partial charge in [-0.1, -0.05) is 12.1 Å². The molecule has 144 valence electrons. The van der Waals surface area contributed by atoms with Crippen LogP contribution < -0.4 is 15.6 Å². The molecule has 8 nitrogen and oxygen atoms in total. The van der Waals surface area contributed by atoms with E-state index in [2.05, 4.69) is 10.9 Å². The van der Waals surface area contributed by atoms with Crippen LogP contribution in [-0.4, -0.2) is 42.3 Å². The number of benzene rings is 1. The minimum Gasteiger partial charge on any atom is -0.481 e. The number of hydrogen-bond donors (Lipinski definition) is 2. The lowest BCUT2D eigenvalue weighted by atomic mass is 10.1. The molecule has 2 rings (SSSR count). The van der Waals surface area contributed by atoms with Crippen LogP contribution in [0.5, 0.6) is 5.75 Å². The zero-order valence-corrected chi connectivity index (χ0v) is 15.7. The third kappa shape index (κ3) is 5.34. The van der Waals surface area contributed by atoms with Gasteiger partial charge >= 0.3 is 0 Å². The van der Waals surface area contributed by atoms with Crippen LogP contribution in [0.25, 0.3) is 0 Å². The highest BCUT2D eigenvalue weighted by atomic mass is 16.5. The number of ether oxygens (including phenoxy) is 1. The van der Waals surface area contributed by atoms with Crippen LogP contribution in [0, 0.1) is 13.8 Å². The van der Waals surface area contributed by atoms with Gasteiger partial charge in [0.1, 0.15) is 12.3 Å². The monoisotopic (exact) mass is 373 g/mol. The molecular weight excluding hydrogens is 350 g/mol. The summed E-state index contributed by atoms with van der Waals surface area (Å²) < 4.78 is 10.6. The summed E-state index contributed by atoms with van der Waals surface area (Å²) in [5, 5.41) is 0. The van der Waals surface area contributed by atoms with Crippen molar-refractivity contribution >= 4 is 17.7 Å². The quantitative estimate of drug-likeness (QED) is 0.749. The summed E-state index contributed by atoms with van der Waals surface area (Å²) in [6, 6.07) is 8.66. The molecule has 27 heavy (non-hydrogen) atoms. The van der Waals surface area contributed by atoms with Gasteiger partial charge in [0, 0.05) is 7.05 Å². The average molecular weight is 373 g/mol. The maximum absolute atomic E-state index is 12.1. The summed E-state index contributed by atoms with van der Waals surface area (Å²) in [5.41, 5.74) is 6.55. The first-order valence-electron chi connectivity index (χ1n) is 8.40. The van der Waals surface area contributed by atoms with Crippen molar-refractivity contribution in [2.24, 2.45) is 0 Å². The molecule has 1 heterocycles. The number of carbonyl (C=O) groups excluding carboxylic acids is 3. The van der Waals surface area contributed by atoms with Crippen LogP contribution in [-0.2, 0) is 9.59 Å². The summed E-state index contributed by atoms with van der Waals surface area (Å²) in [4.78, 5) is 37.2. The second-order valence-corrected chi connectivity index (χ2v) is 6.13. The van der Waals surface area contributed by atoms with E-state index < -0.39 is 23.8 Å². The van der Waals surface area contributed by atoms with Crippen LogP contribution >= 0.6 is 0 Å². The van der Waals surface area contributed by atoms with Crippen molar-refractivity contribution in [1.82, 2.24) is 15.8 Å². The molecule has 0 aliphatic heterocycles. The molecule has 0 saturated carbocycles. The van der Waals surface area contributed by atoms with Gasteiger partial charge in [0.15, 0.2) is 11.9 Å². The van der Waals surface area contributed by atoms with Crippen LogP contribution in [0.15, 0.2) is 41.0 Å². The van der Waals surface area contributed by atoms with E-state index in [1.807, 2.05) is 26.0 Å². The first kappa shape index (κ1) is 20.0. The largest absolute Gasteiger partial charge is 0.481 e. The number of aryl methyl sites for hydroxylation is 1. The molecule has 0 aliphatic carbocycles. The fourth-order valence-corrected chi connectivity index (χ4v) is 2.24. The predicted molar refractivity (Wildman–Crippen MR) is 98.0 cm³/mol. The van der Waals surface area contributed by atoms with E-state index in [0.29, 0.717) is 5.75 Å². The number of nitrogens with zero attached hydrogens (tertiary/aromatic N) is 1. The summed E-state index contributed by atoms with van der Waals surface area (Å²) >= 11 is 0. The van der Waals surface area contributed by atoms with Crippen LogP contribution in [0.2, 0.25) is 0 Å². The number of carbonyl (C=O) groups is 3. The summed E-state index contributed by atoms with van der Waals surface area (Å²) in [6.07, 6.45) is 0.562. The molecule has 0 radical (unpaired) electrons. The number of hydrogen-bond acceptors (Lipinski definition) is 5. The van der Waals surface area contributed by atoms with E-state index in [9.17, 15) is 14.4 Å². The van der Waals surface area contributed by atoms with Gasteiger partial charge in [0.25, 0.3) is 17.7 Å². The first-order valence-corrected chi connectivity index (χ1v) is 8.40. The van der Waals surface area contributed by atoms with Crippen molar-refractivity contribution in [3.05, 3.63) is 53.5 Å². The maximum atomic E-state index is 12.1. The fraction of sp³-hybridized carbons (Fsp3) is 0.316. The molecule has 0 unspecified atom stereocenters. The number of likely N-dealkylation sites (N-methyl/N-ethyl adjacent to an activating group) is 1. The molecule has 3 amide bonds. The lowest BCUT2D eigenvalue weighted by Crippen LogP contribution is -2.50. The van der Waals surface area contributed by atoms with Crippen molar-refractivity contribution in [3.8, 4) is 5.75 Å². The number of nitrogens with one attached hydrogen (secondary N) is 2. The normalized spacial score (nSPS) is 11.4. The highest BCUT2D eigenvalue weighted by Crippen LogP contribution is 2.21. The van der Waals surface area contributed by atoms with Gasteiger partial charge in [-0.05, 0) is 50.1 Å². The minimum atomic E-state index is -0.812. The van der Waals surface area contributed by atoms with Gasteiger partial charge in [-0.15, -0.1) is 0 Å². The van der Waals surface area contributed by atoms with Crippen LogP contribution in [0.4, 0.5) is 0 Å². The molecule has 1 aromatic carbocycles. The van der Waals surface area contributed by atoms with Gasteiger partial charge in [-0.3, -0.25) is 25.2 Å². The molecular formula is C19H23N3O5. The molecule has 0 bridgehead atoms. The summed E-state index contributed by atoms with van der Waals surface area (Å²) in [7, 11) is 1.46. The second kappa shape index (κ2) is 8.88. The van der Waals surface area contributed by atoms with Crippen molar-refractivity contribution in [2.45, 2.75) is 26.9 Å². The molecule has 0 saturated heterocycles. The molecule has 0 aliphatic rings. The Kier molecular flexibility index (Phi) is 6.59. The van der Waals surface area contributed by atoms with Gasteiger partial charge in [-0.25, -0.2) is 0 Å². The van der Waals surface area contributed by atoms with E-state index in [1.54, 1.807) is 19.1 Å². The number of furan rings is 1. The number of rotatable bonds is 6. The Morgan fingerprint density at radius 2 is 1.89 bits per heavy atom. The maximum Gasteiger partial charge on any atom is 0.289 e. The third-order valence-electron chi connectivity index (χ3n) is 4.01. The number of amides is 3. The van der Waals surface area contributed by atoms with Crippen LogP contribution in [0.3, 0.4) is 0 Å². The minimum absolute atomic E-state index is 0.130. The summed E-state index contributed by atoms with van der Waals surface area (Å²) in [5.74, 6) is -0.764. The van der Waals surface area contributed by atoms with Gasteiger partial charge in [-0.2, -0.15) is 0 Å². The van der Waals surface area contributed by atoms with E-state index in [4.69, 9.17) is 9.15 Å². The first-order chi connectivity index (χ1) is 12.8. The van der Waals surface area contributed by atoms with E-state index in [-0.39, 0.29) is 12.3 Å². The van der Waals surface area contributed by atoms with Gasteiger partial charge < -0.3 is 14.1 Å². The molecule has 8 heteroatoms. The zero-order valence-electron chi connectivity index (χ0n) is 15.7. The fourth-order valence-electron chi connectivity index (χ4n) is 2.24.